The van der Waals surface area contributed by atoms with Crippen molar-refractivity contribution in [1.82, 2.24) is 10.2 Å². The van der Waals surface area contributed by atoms with Crippen LogP contribution in [0.2, 0.25) is 0 Å². The first-order chi connectivity index (χ1) is 10.2. The van der Waals surface area contributed by atoms with Gasteiger partial charge in [0, 0.05) is 13.1 Å². The second kappa shape index (κ2) is 7.74. The fourth-order valence-electron chi connectivity index (χ4n) is 3.21. The van der Waals surface area contributed by atoms with Crippen molar-refractivity contribution in [3.8, 4) is 6.07 Å². The van der Waals surface area contributed by atoms with Gasteiger partial charge < -0.3 is 15.2 Å². The number of hydrogen-bond acceptors (Lipinski definition) is 5. The van der Waals surface area contributed by atoms with Gasteiger partial charge in [-0.3, -0.25) is 9.69 Å². The number of nitrogens with zero attached hydrogens (tertiary/aromatic N) is 2. The Morgan fingerprint density at radius 3 is 2.62 bits per heavy atom. The molecule has 1 amide bonds. The van der Waals surface area contributed by atoms with Crippen LogP contribution in [0.15, 0.2) is 0 Å². The Balaban J connectivity index is 1.71. The van der Waals surface area contributed by atoms with Crippen molar-refractivity contribution < 1.29 is 14.6 Å². The molecule has 2 N–H and O–H groups in total. The van der Waals surface area contributed by atoms with E-state index in [0.717, 1.165) is 51.6 Å². The van der Waals surface area contributed by atoms with E-state index in [9.17, 15) is 10.1 Å². The van der Waals surface area contributed by atoms with Crippen LogP contribution in [0, 0.1) is 11.3 Å². The summed E-state index contributed by atoms with van der Waals surface area (Å²) < 4.78 is 5.51. The van der Waals surface area contributed by atoms with Crippen molar-refractivity contribution in [2.75, 3.05) is 32.8 Å². The summed E-state index contributed by atoms with van der Waals surface area (Å²) >= 11 is 0. The summed E-state index contributed by atoms with van der Waals surface area (Å²) in [7, 11) is 0. The van der Waals surface area contributed by atoms with Crippen LogP contribution in [-0.2, 0) is 9.53 Å². The standard InChI is InChI=1S/C15H25N3O3/c16-12-15(5-1-2-6-15)17-14(20)11-18-7-3-13(4-8-18)21-10-9-19/h13,19H,1-11H2,(H,17,20). The molecule has 1 saturated carbocycles. The largest absolute Gasteiger partial charge is 0.394 e. The number of nitrogens with one attached hydrogen (secondary N) is 1. The molecule has 21 heavy (non-hydrogen) atoms. The van der Waals surface area contributed by atoms with E-state index in [4.69, 9.17) is 9.84 Å². The van der Waals surface area contributed by atoms with E-state index >= 15 is 0 Å². The average Bonchev–Trinajstić information content (AvgIpc) is 2.95. The van der Waals surface area contributed by atoms with E-state index in [1.165, 1.54) is 0 Å². The Labute approximate surface area is 126 Å². The number of aliphatic hydroxyl groups is 1. The van der Waals surface area contributed by atoms with Crippen molar-refractivity contribution in [2.24, 2.45) is 0 Å². The Morgan fingerprint density at radius 1 is 1.38 bits per heavy atom. The lowest BCUT2D eigenvalue weighted by atomic mass is 10.00. The van der Waals surface area contributed by atoms with Crippen LogP contribution in [0.1, 0.15) is 38.5 Å². The summed E-state index contributed by atoms with van der Waals surface area (Å²) in [6.07, 6.45) is 5.53. The van der Waals surface area contributed by atoms with Crippen LogP contribution in [-0.4, -0.2) is 60.4 Å². The Morgan fingerprint density at radius 2 is 2.05 bits per heavy atom. The smallest absolute Gasteiger partial charge is 0.235 e. The van der Waals surface area contributed by atoms with Crippen LogP contribution in [0.3, 0.4) is 0 Å². The van der Waals surface area contributed by atoms with E-state index in [-0.39, 0.29) is 18.6 Å². The van der Waals surface area contributed by atoms with E-state index < -0.39 is 5.54 Å². The van der Waals surface area contributed by atoms with Crippen LogP contribution in [0.4, 0.5) is 0 Å². The average molecular weight is 295 g/mol. The van der Waals surface area contributed by atoms with Crippen molar-refractivity contribution in [3.05, 3.63) is 0 Å². The number of carbonyl (C=O) groups is 1. The first-order valence-electron chi connectivity index (χ1n) is 7.84. The number of nitriles is 1. The lowest BCUT2D eigenvalue weighted by Gasteiger charge is -2.32. The molecule has 6 nitrogen and oxygen atoms in total. The maximum Gasteiger partial charge on any atom is 0.235 e. The van der Waals surface area contributed by atoms with E-state index in [1.54, 1.807) is 0 Å². The number of likely N-dealkylation sites (tertiary alicyclic amines) is 1. The number of amides is 1. The molecule has 2 aliphatic rings. The summed E-state index contributed by atoms with van der Waals surface area (Å²) in [5, 5.41) is 20.9. The topological polar surface area (TPSA) is 85.6 Å². The molecule has 0 bridgehead atoms. The monoisotopic (exact) mass is 295 g/mol. The van der Waals surface area contributed by atoms with Gasteiger partial charge in [-0.25, -0.2) is 0 Å². The molecule has 118 valence electrons. The third-order valence-electron chi connectivity index (χ3n) is 4.40. The third kappa shape index (κ3) is 4.67. The molecule has 1 heterocycles. The minimum atomic E-state index is -0.625. The summed E-state index contributed by atoms with van der Waals surface area (Å²) in [4.78, 5) is 14.2. The van der Waals surface area contributed by atoms with E-state index in [1.807, 2.05) is 0 Å². The molecule has 0 aromatic heterocycles. The highest BCUT2D eigenvalue weighted by Gasteiger charge is 2.35. The summed E-state index contributed by atoms with van der Waals surface area (Å²) in [6, 6.07) is 2.28. The molecular weight excluding hydrogens is 270 g/mol. The number of piperidine rings is 1. The normalized spacial score (nSPS) is 22.9. The highest BCUT2D eigenvalue weighted by Crippen LogP contribution is 2.28. The van der Waals surface area contributed by atoms with Gasteiger partial charge in [-0.1, -0.05) is 0 Å². The molecule has 1 saturated heterocycles. The molecule has 0 aromatic carbocycles. The maximum atomic E-state index is 12.1. The zero-order chi connectivity index (χ0) is 15.1. The maximum absolute atomic E-state index is 12.1. The number of aliphatic hydroxyl groups excluding tert-OH is 1. The number of rotatable bonds is 6. The van der Waals surface area contributed by atoms with Gasteiger partial charge in [0.1, 0.15) is 5.54 Å². The minimum absolute atomic E-state index is 0.0480. The molecule has 0 unspecified atom stereocenters. The number of hydrogen-bond donors (Lipinski definition) is 2. The fourth-order valence-corrected chi connectivity index (χ4v) is 3.21. The summed E-state index contributed by atoms with van der Waals surface area (Å²) in [6.45, 7) is 2.44. The van der Waals surface area contributed by atoms with Gasteiger partial charge in [0.05, 0.1) is 31.9 Å². The van der Waals surface area contributed by atoms with Gasteiger partial charge in [-0.15, -0.1) is 0 Å². The van der Waals surface area contributed by atoms with Crippen LogP contribution >= 0.6 is 0 Å². The van der Waals surface area contributed by atoms with Gasteiger partial charge in [0.25, 0.3) is 0 Å². The quantitative estimate of drug-likeness (QED) is 0.741. The molecule has 1 aliphatic carbocycles. The zero-order valence-corrected chi connectivity index (χ0v) is 12.5. The van der Waals surface area contributed by atoms with E-state index in [2.05, 4.69) is 16.3 Å². The Kier molecular flexibility index (Phi) is 5.97. The van der Waals surface area contributed by atoms with Crippen molar-refractivity contribution >= 4 is 5.91 Å². The molecule has 2 fully saturated rings. The fraction of sp³-hybridized carbons (Fsp3) is 0.867. The molecule has 0 atom stereocenters. The molecule has 0 spiro atoms. The summed E-state index contributed by atoms with van der Waals surface area (Å²) in [5.74, 6) is -0.0480. The van der Waals surface area contributed by atoms with Crippen molar-refractivity contribution in [2.45, 2.75) is 50.2 Å². The van der Waals surface area contributed by atoms with Gasteiger partial charge >= 0.3 is 0 Å². The second-order valence-corrected chi connectivity index (χ2v) is 6.02. The zero-order valence-electron chi connectivity index (χ0n) is 12.5. The molecule has 0 aromatic rings. The number of carbonyl (C=O) groups excluding carboxylic acids is 1. The molecule has 0 radical (unpaired) electrons. The van der Waals surface area contributed by atoms with Gasteiger partial charge in [0.15, 0.2) is 0 Å². The highest BCUT2D eigenvalue weighted by molar-refractivity contribution is 5.79. The SMILES string of the molecule is N#CC1(NC(=O)CN2CCC(OCCO)CC2)CCCC1. The number of ether oxygens (including phenoxy) is 1. The second-order valence-electron chi connectivity index (χ2n) is 6.02. The molecule has 6 heteroatoms. The first-order valence-corrected chi connectivity index (χ1v) is 7.84. The molecule has 2 rings (SSSR count). The van der Waals surface area contributed by atoms with Gasteiger partial charge in [0.2, 0.25) is 5.91 Å². The van der Waals surface area contributed by atoms with Gasteiger partial charge in [-0.2, -0.15) is 5.26 Å². The lowest BCUT2D eigenvalue weighted by molar-refractivity contribution is -0.124. The first kappa shape index (κ1) is 16.2. The predicted octanol–water partition coefficient (Wildman–Crippen LogP) is 0.412. The Hall–Kier alpha value is -1.16. The van der Waals surface area contributed by atoms with Crippen LogP contribution in [0.25, 0.3) is 0 Å². The van der Waals surface area contributed by atoms with Gasteiger partial charge in [-0.05, 0) is 38.5 Å². The van der Waals surface area contributed by atoms with Crippen molar-refractivity contribution in [3.63, 3.8) is 0 Å². The van der Waals surface area contributed by atoms with Crippen LogP contribution < -0.4 is 5.32 Å². The predicted molar refractivity (Wildman–Crippen MR) is 77.5 cm³/mol. The minimum Gasteiger partial charge on any atom is -0.394 e. The van der Waals surface area contributed by atoms with E-state index in [0.29, 0.717) is 13.2 Å². The van der Waals surface area contributed by atoms with Crippen LogP contribution in [0.5, 0.6) is 0 Å². The lowest BCUT2D eigenvalue weighted by Crippen LogP contribution is -2.50. The highest BCUT2D eigenvalue weighted by atomic mass is 16.5. The van der Waals surface area contributed by atoms with Crippen molar-refractivity contribution in [1.29, 1.82) is 5.26 Å². The molecule has 1 aliphatic heterocycles. The Bertz CT molecular complexity index is 380. The summed E-state index contributed by atoms with van der Waals surface area (Å²) in [5.41, 5.74) is -0.625. The third-order valence-corrected chi connectivity index (χ3v) is 4.40. The molecular formula is C15H25N3O3.